The first-order valence-electron chi connectivity index (χ1n) is 6.88. The third-order valence-corrected chi connectivity index (χ3v) is 4.99. The maximum absolute atomic E-state index is 9.77. The number of halogens is 1. The first kappa shape index (κ1) is 13.3. The molecule has 1 N–H and O–H groups in total. The second-order valence-corrected chi connectivity index (χ2v) is 6.37. The van der Waals surface area contributed by atoms with Crippen LogP contribution in [-0.4, -0.2) is 24.9 Å². The Bertz CT molecular complexity index is 476. The molecule has 4 heteroatoms. The fraction of sp³-hybridized carbons (Fsp3) is 0.600. The minimum atomic E-state index is 0.121. The Kier molecular flexibility index (Phi) is 3.48. The van der Waals surface area contributed by atoms with Gasteiger partial charge in [0.15, 0.2) is 0 Å². The van der Waals surface area contributed by atoms with Crippen molar-refractivity contribution in [3.05, 3.63) is 21.2 Å². The minimum Gasteiger partial charge on any atom is -0.493 e. The quantitative estimate of drug-likeness (QED) is 0.927. The summed E-state index contributed by atoms with van der Waals surface area (Å²) in [6.45, 7) is 5.89. The fourth-order valence-electron chi connectivity index (χ4n) is 3.12. The van der Waals surface area contributed by atoms with Crippen molar-refractivity contribution in [2.24, 2.45) is 5.92 Å². The molecule has 1 aromatic rings. The van der Waals surface area contributed by atoms with E-state index in [0.29, 0.717) is 5.92 Å². The van der Waals surface area contributed by atoms with E-state index in [4.69, 9.17) is 9.47 Å². The van der Waals surface area contributed by atoms with Gasteiger partial charge < -0.3 is 14.6 Å². The van der Waals surface area contributed by atoms with Crippen LogP contribution in [0.3, 0.4) is 0 Å². The Balaban J connectivity index is 2.23. The van der Waals surface area contributed by atoms with Crippen molar-refractivity contribution in [3.8, 4) is 11.5 Å². The van der Waals surface area contributed by atoms with Crippen molar-refractivity contribution in [1.29, 1.82) is 0 Å². The molecule has 0 fully saturated rings. The van der Waals surface area contributed by atoms with Gasteiger partial charge in [0.1, 0.15) is 11.5 Å². The van der Waals surface area contributed by atoms with E-state index in [9.17, 15) is 5.11 Å². The van der Waals surface area contributed by atoms with Gasteiger partial charge in [-0.1, -0.05) is 13.8 Å². The Morgan fingerprint density at radius 2 is 1.74 bits per heavy atom. The smallest absolute Gasteiger partial charge is 0.137 e. The van der Waals surface area contributed by atoms with Crippen molar-refractivity contribution >= 4 is 15.9 Å². The third kappa shape index (κ3) is 1.96. The first-order valence-corrected chi connectivity index (χ1v) is 7.68. The molecule has 0 bridgehead atoms. The van der Waals surface area contributed by atoms with Gasteiger partial charge in [0, 0.05) is 35.4 Å². The molecule has 0 spiro atoms. The van der Waals surface area contributed by atoms with Gasteiger partial charge in [0.2, 0.25) is 0 Å². The Morgan fingerprint density at radius 1 is 1.11 bits per heavy atom. The molecule has 0 aromatic heterocycles. The molecule has 3 rings (SSSR count). The van der Waals surface area contributed by atoms with Crippen LogP contribution in [0.1, 0.15) is 36.5 Å². The van der Waals surface area contributed by atoms with E-state index in [2.05, 4.69) is 29.8 Å². The molecular weight excluding hydrogens is 308 g/mol. The molecule has 0 amide bonds. The highest BCUT2D eigenvalue weighted by Crippen LogP contribution is 2.50. The molecule has 3 nitrogen and oxygen atoms in total. The average molecular weight is 327 g/mol. The van der Waals surface area contributed by atoms with Gasteiger partial charge in [0.05, 0.1) is 24.3 Å². The van der Waals surface area contributed by atoms with Crippen LogP contribution < -0.4 is 9.47 Å². The summed E-state index contributed by atoms with van der Waals surface area (Å²) < 4.78 is 12.7. The van der Waals surface area contributed by atoms with Crippen LogP contribution in [0, 0.1) is 5.92 Å². The number of fused-ring (bicyclic) bond motifs is 2. The highest BCUT2D eigenvalue weighted by Gasteiger charge is 2.34. The number of aliphatic hydroxyl groups excluding tert-OH is 1. The molecule has 0 aliphatic carbocycles. The lowest BCUT2D eigenvalue weighted by Crippen LogP contribution is -2.14. The standard InChI is InChI=1S/C15H19BrO3/c1-8(2)11(7-17)12-9-3-5-19-15(9)13(16)10-4-6-18-14(10)12/h8,11,17H,3-7H2,1-2H3. The fourth-order valence-corrected chi connectivity index (χ4v) is 3.85. The minimum absolute atomic E-state index is 0.121. The van der Waals surface area contributed by atoms with Crippen molar-refractivity contribution < 1.29 is 14.6 Å². The summed E-state index contributed by atoms with van der Waals surface area (Å²) in [5.41, 5.74) is 3.61. The van der Waals surface area contributed by atoms with Gasteiger partial charge in [-0.25, -0.2) is 0 Å². The highest BCUT2D eigenvalue weighted by atomic mass is 79.9. The molecule has 0 saturated carbocycles. The number of hydrogen-bond acceptors (Lipinski definition) is 3. The van der Waals surface area contributed by atoms with Crippen molar-refractivity contribution in [2.75, 3.05) is 19.8 Å². The molecule has 19 heavy (non-hydrogen) atoms. The van der Waals surface area contributed by atoms with Gasteiger partial charge in [-0.2, -0.15) is 0 Å². The zero-order valence-corrected chi connectivity index (χ0v) is 12.9. The summed E-state index contributed by atoms with van der Waals surface area (Å²) in [4.78, 5) is 0. The van der Waals surface area contributed by atoms with E-state index in [1.807, 2.05) is 0 Å². The number of rotatable bonds is 3. The van der Waals surface area contributed by atoms with Crippen molar-refractivity contribution in [1.82, 2.24) is 0 Å². The number of benzene rings is 1. The molecule has 2 aliphatic rings. The summed E-state index contributed by atoms with van der Waals surface area (Å²) in [5.74, 6) is 2.46. The maximum Gasteiger partial charge on any atom is 0.137 e. The summed E-state index contributed by atoms with van der Waals surface area (Å²) in [5, 5.41) is 9.77. The van der Waals surface area contributed by atoms with Gasteiger partial charge in [-0.05, 0) is 21.8 Å². The van der Waals surface area contributed by atoms with Crippen LogP contribution in [0.25, 0.3) is 0 Å². The summed E-state index contributed by atoms with van der Waals surface area (Å²) >= 11 is 3.66. The summed E-state index contributed by atoms with van der Waals surface area (Å²) in [6.07, 6.45) is 1.82. The van der Waals surface area contributed by atoms with E-state index in [1.165, 1.54) is 16.7 Å². The van der Waals surface area contributed by atoms with E-state index in [-0.39, 0.29) is 12.5 Å². The van der Waals surface area contributed by atoms with E-state index < -0.39 is 0 Å². The maximum atomic E-state index is 9.77. The molecule has 0 radical (unpaired) electrons. The van der Waals surface area contributed by atoms with Gasteiger partial charge in [-0.3, -0.25) is 0 Å². The lowest BCUT2D eigenvalue weighted by molar-refractivity contribution is 0.232. The lowest BCUT2D eigenvalue weighted by Gasteiger charge is -2.24. The molecule has 2 aliphatic heterocycles. The van der Waals surface area contributed by atoms with Crippen molar-refractivity contribution in [3.63, 3.8) is 0 Å². The predicted molar refractivity (Wildman–Crippen MR) is 77.2 cm³/mol. The molecule has 1 atom stereocenters. The van der Waals surface area contributed by atoms with E-state index in [0.717, 1.165) is 42.0 Å². The van der Waals surface area contributed by atoms with Crippen LogP contribution in [0.15, 0.2) is 4.47 Å². The Morgan fingerprint density at radius 3 is 2.37 bits per heavy atom. The largest absolute Gasteiger partial charge is 0.493 e. The molecule has 104 valence electrons. The second kappa shape index (κ2) is 4.98. The zero-order chi connectivity index (χ0) is 13.6. The van der Waals surface area contributed by atoms with Gasteiger partial charge in [-0.15, -0.1) is 0 Å². The Labute approximate surface area is 122 Å². The van der Waals surface area contributed by atoms with Crippen LogP contribution in [0.4, 0.5) is 0 Å². The van der Waals surface area contributed by atoms with Gasteiger partial charge >= 0.3 is 0 Å². The molecule has 2 heterocycles. The molecule has 1 unspecified atom stereocenters. The van der Waals surface area contributed by atoms with Crippen LogP contribution in [-0.2, 0) is 12.8 Å². The van der Waals surface area contributed by atoms with Gasteiger partial charge in [0.25, 0.3) is 0 Å². The number of ether oxygens (including phenoxy) is 2. The lowest BCUT2D eigenvalue weighted by atomic mass is 9.83. The SMILES string of the molecule is CC(C)C(CO)c1c2c(c(Br)c3c1OCC3)OCC2. The topological polar surface area (TPSA) is 38.7 Å². The average Bonchev–Trinajstić information content (AvgIpc) is 3.02. The third-order valence-electron chi connectivity index (χ3n) is 4.15. The molecular formula is C15H19BrO3. The molecule has 1 aromatic carbocycles. The van der Waals surface area contributed by atoms with Crippen molar-refractivity contribution in [2.45, 2.75) is 32.6 Å². The number of aliphatic hydroxyl groups is 1. The normalized spacial score (nSPS) is 17.9. The predicted octanol–water partition coefficient (Wildman–Crippen LogP) is 3.05. The summed E-state index contributed by atoms with van der Waals surface area (Å²) in [7, 11) is 0. The second-order valence-electron chi connectivity index (χ2n) is 5.57. The van der Waals surface area contributed by atoms with Crippen LogP contribution in [0.5, 0.6) is 11.5 Å². The van der Waals surface area contributed by atoms with E-state index in [1.54, 1.807) is 0 Å². The highest BCUT2D eigenvalue weighted by molar-refractivity contribution is 9.10. The van der Waals surface area contributed by atoms with Crippen LogP contribution in [0.2, 0.25) is 0 Å². The Hall–Kier alpha value is -0.740. The van der Waals surface area contributed by atoms with E-state index >= 15 is 0 Å². The van der Waals surface area contributed by atoms with Crippen LogP contribution >= 0.6 is 15.9 Å². The number of hydrogen-bond donors (Lipinski definition) is 1. The molecule has 0 saturated heterocycles. The summed E-state index contributed by atoms with van der Waals surface area (Å²) in [6, 6.07) is 0. The monoisotopic (exact) mass is 326 g/mol. The first-order chi connectivity index (χ1) is 9.15. The zero-order valence-electron chi connectivity index (χ0n) is 11.3.